The number of rotatable bonds is 4. The number of hydrogen-bond acceptors (Lipinski definition) is 4. The first-order valence-electron chi connectivity index (χ1n) is 8.70. The Morgan fingerprint density at radius 3 is 2.75 bits per heavy atom. The number of methoxy groups -OCH3 is 1. The Bertz CT molecular complexity index is 615. The minimum Gasteiger partial charge on any atom is -0.383 e. The Kier molecular flexibility index (Phi) is 5.25. The summed E-state index contributed by atoms with van der Waals surface area (Å²) in [4.78, 5) is 31.4. The fraction of sp³-hybridized carbons (Fsp3) is 0.667. The van der Waals surface area contributed by atoms with E-state index < -0.39 is 0 Å². The predicted molar refractivity (Wildman–Crippen MR) is 94.3 cm³/mol. The highest BCUT2D eigenvalue weighted by Gasteiger charge is 2.47. The monoisotopic (exact) mass is 350 g/mol. The first kappa shape index (κ1) is 17.4. The second-order valence-corrected chi connectivity index (χ2v) is 8.16. The van der Waals surface area contributed by atoms with Gasteiger partial charge < -0.3 is 14.5 Å². The third kappa shape index (κ3) is 3.35. The van der Waals surface area contributed by atoms with E-state index in [1.165, 1.54) is 0 Å². The number of hydrogen-bond donors (Lipinski definition) is 0. The molecule has 2 saturated heterocycles. The Balaban J connectivity index is 1.65. The summed E-state index contributed by atoms with van der Waals surface area (Å²) in [5, 5.41) is 0. The largest absolute Gasteiger partial charge is 0.383 e. The fourth-order valence-electron chi connectivity index (χ4n) is 3.87. The molecule has 1 spiro atoms. The van der Waals surface area contributed by atoms with Crippen LogP contribution >= 0.6 is 11.3 Å². The highest BCUT2D eigenvalue weighted by Crippen LogP contribution is 2.41. The molecule has 6 heteroatoms. The average Bonchev–Trinajstić information content (AvgIpc) is 3.05. The summed E-state index contributed by atoms with van der Waals surface area (Å²) < 4.78 is 5.11. The molecule has 3 heterocycles. The Hall–Kier alpha value is -1.40. The van der Waals surface area contributed by atoms with Gasteiger partial charge >= 0.3 is 0 Å². The van der Waals surface area contributed by atoms with Crippen LogP contribution in [0.15, 0.2) is 12.1 Å². The van der Waals surface area contributed by atoms with E-state index in [9.17, 15) is 9.59 Å². The fourth-order valence-corrected chi connectivity index (χ4v) is 4.71. The van der Waals surface area contributed by atoms with Crippen LogP contribution in [0, 0.1) is 12.3 Å². The van der Waals surface area contributed by atoms with Crippen LogP contribution in [0.5, 0.6) is 0 Å². The molecule has 2 aliphatic rings. The van der Waals surface area contributed by atoms with Crippen molar-refractivity contribution in [3.8, 4) is 0 Å². The quantitative estimate of drug-likeness (QED) is 0.838. The van der Waals surface area contributed by atoms with Crippen LogP contribution in [0.2, 0.25) is 0 Å². The molecule has 1 aromatic rings. The van der Waals surface area contributed by atoms with Gasteiger partial charge in [0.05, 0.1) is 16.9 Å². The van der Waals surface area contributed by atoms with E-state index in [1.807, 2.05) is 28.9 Å². The van der Waals surface area contributed by atoms with Crippen LogP contribution in [0.3, 0.4) is 0 Å². The smallest absolute Gasteiger partial charge is 0.263 e. The molecule has 0 radical (unpaired) electrons. The van der Waals surface area contributed by atoms with E-state index >= 15 is 0 Å². The molecule has 2 aliphatic heterocycles. The predicted octanol–water partition coefficient (Wildman–Crippen LogP) is 2.55. The van der Waals surface area contributed by atoms with Gasteiger partial charge in [-0.2, -0.15) is 0 Å². The number of carbonyl (C=O) groups excluding carboxylic acids is 2. The molecule has 0 bridgehead atoms. The van der Waals surface area contributed by atoms with Gasteiger partial charge in [0, 0.05) is 38.2 Å². The van der Waals surface area contributed by atoms with Crippen molar-refractivity contribution in [3.63, 3.8) is 0 Å². The second kappa shape index (κ2) is 7.23. The lowest BCUT2D eigenvalue weighted by Gasteiger charge is -2.26. The SMILES string of the molecule is COCCN1CC[C@@]2(CCCN(C(=O)c3ccc(C)s3)CC2)C1=O. The van der Waals surface area contributed by atoms with Crippen molar-refractivity contribution in [2.45, 2.75) is 32.6 Å². The van der Waals surface area contributed by atoms with Crippen molar-refractivity contribution in [1.29, 1.82) is 0 Å². The molecule has 0 unspecified atom stereocenters. The third-order valence-corrected chi connectivity index (χ3v) is 6.34. The lowest BCUT2D eigenvalue weighted by atomic mass is 9.79. The molecule has 5 nitrogen and oxygen atoms in total. The summed E-state index contributed by atoms with van der Waals surface area (Å²) in [5.74, 6) is 0.382. The van der Waals surface area contributed by atoms with Crippen LogP contribution in [-0.4, -0.2) is 61.5 Å². The summed E-state index contributed by atoms with van der Waals surface area (Å²) in [6, 6.07) is 3.90. The first-order chi connectivity index (χ1) is 11.6. The number of aryl methyl sites for hydroxylation is 1. The number of amides is 2. The number of ether oxygens (including phenoxy) is 1. The van der Waals surface area contributed by atoms with E-state index in [2.05, 4.69) is 0 Å². The molecule has 132 valence electrons. The van der Waals surface area contributed by atoms with Crippen LogP contribution in [0.25, 0.3) is 0 Å². The number of nitrogens with zero attached hydrogens (tertiary/aromatic N) is 2. The van der Waals surface area contributed by atoms with Gasteiger partial charge in [-0.3, -0.25) is 9.59 Å². The Morgan fingerprint density at radius 1 is 1.25 bits per heavy atom. The molecule has 1 aromatic heterocycles. The van der Waals surface area contributed by atoms with Crippen molar-refractivity contribution in [1.82, 2.24) is 9.80 Å². The zero-order valence-corrected chi connectivity index (χ0v) is 15.4. The van der Waals surface area contributed by atoms with E-state index in [4.69, 9.17) is 4.74 Å². The average molecular weight is 350 g/mol. The molecule has 0 aliphatic carbocycles. The third-order valence-electron chi connectivity index (χ3n) is 5.35. The molecule has 0 aromatic carbocycles. The highest BCUT2D eigenvalue weighted by atomic mass is 32.1. The normalized spacial score (nSPS) is 24.7. The first-order valence-corrected chi connectivity index (χ1v) is 9.51. The van der Waals surface area contributed by atoms with Crippen molar-refractivity contribution < 1.29 is 14.3 Å². The standard InChI is InChI=1S/C18H26N2O3S/c1-14-4-5-15(24-14)16(21)19-9-3-6-18(7-10-19)8-11-20(17(18)22)12-13-23-2/h4-5H,3,6-13H2,1-2H3/t18-/m0/s1. The number of likely N-dealkylation sites (tertiary alicyclic amines) is 2. The minimum absolute atomic E-state index is 0.117. The van der Waals surface area contributed by atoms with Crippen molar-refractivity contribution in [2.24, 2.45) is 5.41 Å². The van der Waals surface area contributed by atoms with E-state index in [0.29, 0.717) is 19.7 Å². The molecule has 2 fully saturated rings. The molecular weight excluding hydrogens is 324 g/mol. The number of thiophene rings is 1. The van der Waals surface area contributed by atoms with Gasteiger partial charge in [-0.15, -0.1) is 11.3 Å². The maximum Gasteiger partial charge on any atom is 0.263 e. The van der Waals surface area contributed by atoms with Crippen LogP contribution in [-0.2, 0) is 9.53 Å². The second-order valence-electron chi connectivity index (χ2n) is 6.87. The summed E-state index contributed by atoms with van der Waals surface area (Å²) in [5.41, 5.74) is -0.256. The lowest BCUT2D eigenvalue weighted by Crippen LogP contribution is -2.37. The van der Waals surface area contributed by atoms with Crippen molar-refractivity contribution >= 4 is 23.2 Å². The van der Waals surface area contributed by atoms with Crippen molar-refractivity contribution in [3.05, 3.63) is 21.9 Å². The summed E-state index contributed by atoms with van der Waals surface area (Å²) in [6.07, 6.45) is 3.49. The van der Waals surface area contributed by atoms with Gasteiger partial charge in [-0.05, 0) is 44.7 Å². The maximum atomic E-state index is 12.9. The molecule has 24 heavy (non-hydrogen) atoms. The summed E-state index contributed by atoms with van der Waals surface area (Å²) >= 11 is 1.55. The van der Waals surface area contributed by atoms with Gasteiger partial charge in [-0.1, -0.05) is 0 Å². The Morgan fingerprint density at radius 2 is 2.04 bits per heavy atom. The topological polar surface area (TPSA) is 49.9 Å². The molecular formula is C18H26N2O3S. The minimum atomic E-state index is -0.256. The zero-order chi connectivity index (χ0) is 17.2. The zero-order valence-electron chi connectivity index (χ0n) is 14.5. The highest BCUT2D eigenvalue weighted by molar-refractivity contribution is 7.13. The van der Waals surface area contributed by atoms with E-state index in [-0.39, 0.29) is 17.2 Å². The molecule has 2 amide bonds. The van der Waals surface area contributed by atoms with Gasteiger partial charge in [0.2, 0.25) is 5.91 Å². The van der Waals surface area contributed by atoms with Gasteiger partial charge in [0.1, 0.15) is 0 Å². The molecule has 1 atom stereocenters. The Labute approximate surface area is 147 Å². The molecule has 0 saturated carbocycles. The maximum absolute atomic E-state index is 12.9. The van der Waals surface area contributed by atoms with E-state index in [1.54, 1.807) is 18.4 Å². The van der Waals surface area contributed by atoms with Crippen LogP contribution in [0.4, 0.5) is 0 Å². The summed E-state index contributed by atoms with van der Waals surface area (Å²) in [7, 11) is 1.66. The summed E-state index contributed by atoms with van der Waals surface area (Å²) in [6.45, 7) is 5.53. The van der Waals surface area contributed by atoms with Gasteiger partial charge in [0.25, 0.3) is 5.91 Å². The van der Waals surface area contributed by atoms with E-state index in [0.717, 1.165) is 48.5 Å². The molecule has 3 rings (SSSR count). The molecule has 0 N–H and O–H groups in total. The van der Waals surface area contributed by atoms with Crippen LogP contribution in [0.1, 0.15) is 40.2 Å². The van der Waals surface area contributed by atoms with Crippen LogP contribution < -0.4 is 0 Å². The number of carbonyl (C=O) groups is 2. The van der Waals surface area contributed by atoms with Crippen molar-refractivity contribution in [2.75, 3.05) is 39.9 Å². The lowest BCUT2D eigenvalue weighted by molar-refractivity contribution is -0.137. The van der Waals surface area contributed by atoms with Gasteiger partial charge in [0.15, 0.2) is 0 Å². The van der Waals surface area contributed by atoms with Gasteiger partial charge in [-0.25, -0.2) is 0 Å².